The predicted molar refractivity (Wildman–Crippen MR) is 215 cm³/mol. The minimum absolute atomic E-state index is 0.368. The SMILES string of the molecule is C[CH2][Hf]([CH3])([CH3])([CH3])(=[SiH2])([CH]1C=Cc2c(-c3ccccc3-c3ccccc3)cccc21)[CH]1C=Cc2c(-c3ccccc3-c3ccccc3)cccc21. The van der Waals surface area contributed by atoms with Crippen LogP contribution in [0.2, 0.25) is 18.2 Å². The van der Waals surface area contributed by atoms with Crippen molar-refractivity contribution in [2.45, 2.75) is 32.5 Å². The van der Waals surface area contributed by atoms with E-state index in [2.05, 4.69) is 198 Å². The molecule has 0 heterocycles. The van der Waals surface area contributed by atoms with E-state index in [1.807, 2.05) is 0 Å². The van der Waals surface area contributed by atoms with Crippen molar-refractivity contribution in [1.82, 2.24) is 0 Å². The van der Waals surface area contributed by atoms with Crippen LogP contribution in [0.4, 0.5) is 0 Å². The van der Waals surface area contributed by atoms with Crippen molar-refractivity contribution in [3.05, 3.63) is 180 Å². The molecule has 6 aromatic rings. The maximum absolute atomic E-state index is 4.97. The van der Waals surface area contributed by atoms with Crippen molar-refractivity contribution in [3.63, 3.8) is 0 Å². The fraction of sp³-hybridized carbons (Fsp3) is 0.149. The number of benzene rings is 6. The first-order valence-corrected chi connectivity index (χ1v) is 43.7. The normalized spacial score (nSPS) is 18.6. The van der Waals surface area contributed by atoms with E-state index in [1.165, 1.54) is 70.9 Å². The van der Waals surface area contributed by atoms with Gasteiger partial charge in [0.05, 0.1) is 0 Å². The molecule has 0 aromatic heterocycles. The van der Waals surface area contributed by atoms with Gasteiger partial charge >= 0.3 is 290 Å². The molecule has 2 unspecified atom stereocenters. The molecule has 2 heteroatoms. The fourth-order valence-electron chi connectivity index (χ4n) is 9.46. The van der Waals surface area contributed by atoms with Crippen LogP contribution < -0.4 is 0 Å². The van der Waals surface area contributed by atoms with E-state index >= 15 is 0 Å². The molecular weight excluding hydrogens is 771 g/mol. The van der Waals surface area contributed by atoms with Crippen molar-refractivity contribution in [2.75, 3.05) is 0 Å². The van der Waals surface area contributed by atoms with Gasteiger partial charge in [-0.3, -0.25) is 0 Å². The molecule has 0 radical (unpaired) electrons. The molecule has 0 saturated heterocycles. The van der Waals surface area contributed by atoms with Gasteiger partial charge in [0.2, 0.25) is 0 Å². The summed E-state index contributed by atoms with van der Waals surface area (Å²) in [7, 11) is 0. The Bertz CT molecular complexity index is 2300. The zero-order valence-corrected chi connectivity index (χ0v) is 34.2. The molecular formula is C47H46HfSi. The Morgan fingerprint density at radius 2 is 0.776 bits per heavy atom. The van der Waals surface area contributed by atoms with Gasteiger partial charge in [-0.25, -0.2) is 0 Å². The summed E-state index contributed by atoms with van der Waals surface area (Å²) in [5.41, 5.74) is 16.2. The maximum atomic E-state index is 2.78. The molecule has 242 valence electrons. The molecule has 0 fully saturated rings. The van der Waals surface area contributed by atoms with Gasteiger partial charge in [-0.05, 0) is 0 Å². The monoisotopic (exact) mass is 818 g/mol. The number of rotatable bonds is 7. The van der Waals surface area contributed by atoms with Crippen LogP contribution in [0.5, 0.6) is 0 Å². The number of hydrogen-bond acceptors (Lipinski definition) is 0. The Kier molecular flexibility index (Phi) is 6.85. The average Bonchev–Trinajstić information content (AvgIpc) is 3.80. The third kappa shape index (κ3) is 4.86. The molecule has 0 saturated carbocycles. The second-order valence-electron chi connectivity index (χ2n) is 18.1. The molecule has 8 rings (SSSR count). The van der Waals surface area contributed by atoms with Crippen LogP contribution in [0, 0.1) is 0 Å². The number of allylic oxidation sites excluding steroid dienone is 2. The molecule has 0 amide bonds. The first-order valence-electron chi connectivity index (χ1n) is 17.9. The summed E-state index contributed by atoms with van der Waals surface area (Å²) in [6.07, 6.45) is 10.2. The quantitative estimate of drug-likeness (QED) is 0.141. The second-order valence-corrected chi connectivity index (χ2v) is 101. The first kappa shape index (κ1) is 32.1. The van der Waals surface area contributed by atoms with E-state index in [0.717, 1.165) is 0 Å². The molecule has 2 aliphatic carbocycles. The zero-order chi connectivity index (χ0) is 34.0. The summed E-state index contributed by atoms with van der Waals surface area (Å²) in [5.74, 6) is 0. The molecule has 0 nitrogen and oxygen atoms in total. The molecule has 2 atom stereocenters. The Balaban J connectivity index is 1.28. The van der Waals surface area contributed by atoms with Crippen molar-refractivity contribution in [1.29, 1.82) is 0 Å². The van der Waals surface area contributed by atoms with Crippen LogP contribution in [-0.2, 0) is 14.2 Å². The van der Waals surface area contributed by atoms with Crippen LogP contribution in [0.15, 0.2) is 158 Å². The van der Waals surface area contributed by atoms with E-state index < -0.39 is 14.2 Å². The predicted octanol–water partition coefficient (Wildman–Crippen LogP) is 13.1. The number of hydrogen-bond donors (Lipinski definition) is 0. The summed E-state index contributed by atoms with van der Waals surface area (Å²) >= 11 is -4.97. The van der Waals surface area contributed by atoms with Gasteiger partial charge in [0.1, 0.15) is 0 Å². The van der Waals surface area contributed by atoms with E-state index in [9.17, 15) is 0 Å². The molecule has 0 spiro atoms. The molecule has 49 heavy (non-hydrogen) atoms. The summed E-state index contributed by atoms with van der Waals surface area (Å²) in [4.78, 5) is 0. The van der Waals surface area contributed by atoms with Crippen LogP contribution >= 0.6 is 0 Å². The van der Waals surface area contributed by atoms with Crippen LogP contribution in [0.3, 0.4) is 0 Å². The van der Waals surface area contributed by atoms with Crippen molar-refractivity contribution < 1.29 is 14.2 Å². The summed E-state index contributed by atoms with van der Waals surface area (Å²) in [6, 6.07) is 53.7. The summed E-state index contributed by atoms with van der Waals surface area (Å²) < 4.78 is 10.3. The van der Waals surface area contributed by atoms with Gasteiger partial charge in [-0.15, -0.1) is 0 Å². The van der Waals surface area contributed by atoms with Crippen molar-refractivity contribution >= 4 is 19.1 Å². The molecule has 0 N–H and O–H groups in total. The Hall–Kier alpha value is -4.11. The van der Waals surface area contributed by atoms with Crippen molar-refractivity contribution in [3.8, 4) is 44.5 Å². The average molecular weight is 817 g/mol. The Morgan fingerprint density at radius 1 is 0.429 bits per heavy atom. The molecule has 0 aliphatic heterocycles. The topological polar surface area (TPSA) is 0 Å². The Labute approximate surface area is 288 Å². The van der Waals surface area contributed by atoms with Gasteiger partial charge in [0.25, 0.3) is 0 Å². The summed E-state index contributed by atoms with van der Waals surface area (Å²) in [5, 5.41) is 0. The van der Waals surface area contributed by atoms with E-state index in [4.69, 9.17) is 0 Å². The fourth-order valence-corrected chi connectivity index (χ4v) is 40.4. The van der Waals surface area contributed by atoms with Crippen LogP contribution in [0.1, 0.15) is 36.5 Å². The number of fused-ring (bicyclic) bond motifs is 2. The third-order valence-corrected chi connectivity index (χ3v) is 62.9. The van der Waals surface area contributed by atoms with E-state index in [-0.39, 0.29) is 0 Å². The van der Waals surface area contributed by atoms with Gasteiger partial charge in [-0.2, -0.15) is 0 Å². The van der Waals surface area contributed by atoms with Gasteiger partial charge in [0.15, 0.2) is 0 Å². The minimum atomic E-state index is -4.97. The standard InChI is InChI=1S/2C21H15.C2H5.3CH3.Hf.H2Si/c2*1-2-8-16(9-3-1)18-12-4-5-13-20(18)21-15-7-11-17-10-6-14-19(17)21;1-2;;;;;/h2*1-15H;1H2,2H3;3*1H3;;1H2. The molecule has 2 aliphatic rings. The molecule has 0 bridgehead atoms. The van der Waals surface area contributed by atoms with Crippen LogP contribution in [0.25, 0.3) is 56.7 Å². The first-order chi connectivity index (χ1) is 23.5. The summed E-state index contributed by atoms with van der Waals surface area (Å²) in [6.45, 7) is 4.95. The van der Waals surface area contributed by atoms with Crippen LogP contribution in [-0.4, -0.2) is 6.94 Å². The van der Waals surface area contributed by atoms with E-state index in [0.29, 0.717) is 7.35 Å². The van der Waals surface area contributed by atoms with Gasteiger partial charge in [-0.1, -0.05) is 0 Å². The Morgan fingerprint density at radius 3 is 1.16 bits per heavy atom. The van der Waals surface area contributed by atoms with Crippen molar-refractivity contribution in [2.24, 2.45) is 0 Å². The third-order valence-electron chi connectivity index (χ3n) is 13.3. The van der Waals surface area contributed by atoms with E-state index in [1.54, 1.807) is 0 Å². The van der Waals surface area contributed by atoms with Gasteiger partial charge in [0, 0.05) is 0 Å². The van der Waals surface area contributed by atoms with Gasteiger partial charge < -0.3 is 0 Å². The second kappa shape index (κ2) is 10.5. The zero-order valence-electron chi connectivity index (χ0n) is 29.2. The molecule has 6 aromatic carbocycles.